The van der Waals surface area contributed by atoms with Gasteiger partial charge in [0.2, 0.25) is 11.7 Å². The Morgan fingerprint density at radius 2 is 1.98 bits per heavy atom. The van der Waals surface area contributed by atoms with Gasteiger partial charge in [0.25, 0.3) is 5.91 Å². The molecule has 0 spiro atoms. The Labute approximate surface area is 251 Å². The van der Waals surface area contributed by atoms with Crippen LogP contribution in [-0.4, -0.2) is 81.3 Å². The van der Waals surface area contributed by atoms with Crippen molar-refractivity contribution in [3.8, 4) is 11.5 Å². The molecular formula is C30H35F4N7O3. The summed E-state index contributed by atoms with van der Waals surface area (Å²) in [6.45, 7) is 3.75. The molecule has 44 heavy (non-hydrogen) atoms. The predicted octanol–water partition coefficient (Wildman–Crippen LogP) is 5.18. The normalized spacial score (nSPS) is 20.3. The summed E-state index contributed by atoms with van der Waals surface area (Å²) in [6.07, 6.45) is 0.315. The summed E-state index contributed by atoms with van der Waals surface area (Å²) >= 11 is 0. The van der Waals surface area contributed by atoms with Crippen LogP contribution in [0, 0.1) is 0 Å². The number of amides is 1. The van der Waals surface area contributed by atoms with E-state index in [9.17, 15) is 22.4 Å². The number of halogens is 4. The minimum absolute atomic E-state index is 0.0438. The highest BCUT2D eigenvalue weighted by atomic mass is 19.4. The molecule has 236 valence electrons. The molecule has 3 aromatic heterocycles. The lowest BCUT2D eigenvalue weighted by Gasteiger charge is -2.35. The van der Waals surface area contributed by atoms with Crippen LogP contribution >= 0.6 is 0 Å². The minimum Gasteiger partial charge on any atom is -0.381 e. The standard InChI is InChI=1S/C30H35F4N7O3/c1-2-39-10-7-24(22(31)17-39)36-23-4-3-5-25-21(23)14-26(41(25)18-30(32,33)34)28-37-27(44-38-28)15-35-29(42)19-6-11-40(16-19)20-8-12-43-13-9-20/h3-6,11,14,16,20,22,24,36H,2,7-10,12-13,15,17-18H2,1H3,(H,35,42)/t22-,24+/m0/s1. The predicted molar refractivity (Wildman–Crippen MR) is 155 cm³/mol. The number of benzene rings is 1. The summed E-state index contributed by atoms with van der Waals surface area (Å²) in [6, 6.07) is 8.05. The molecule has 0 radical (unpaired) electrons. The van der Waals surface area contributed by atoms with Gasteiger partial charge in [0.1, 0.15) is 12.7 Å². The molecule has 2 aliphatic heterocycles. The van der Waals surface area contributed by atoms with E-state index in [0.29, 0.717) is 48.3 Å². The molecule has 2 fully saturated rings. The van der Waals surface area contributed by atoms with Crippen LogP contribution in [0.15, 0.2) is 47.2 Å². The van der Waals surface area contributed by atoms with Gasteiger partial charge in [-0.25, -0.2) is 4.39 Å². The van der Waals surface area contributed by atoms with Crippen molar-refractivity contribution in [2.75, 3.05) is 38.2 Å². The number of fused-ring (bicyclic) bond motifs is 1. The first kappa shape index (κ1) is 30.1. The molecule has 10 nitrogen and oxygen atoms in total. The number of aromatic nitrogens is 4. The van der Waals surface area contributed by atoms with Crippen molar-refractivity contribution in [2.24, 2.45) is 0 Å². The maximum Gasteiger partial charge on any atom is 0.406 e. The number of hydrogen-bond donors (Lipinski definition) is 2. The summed E-state index contributed by atoms with van der Waals surface area (Å²) in [5, 5.41) is 10.4. The summed E-state index contributed by atoms with van der Waals surface area (Å²) in [5.41, 5.74) is 1.40. The van der Waals surface area contributed by atoms with Crippen LogP contribution in [-0.2, 0) is 17.8 Å². The Morgan fingerprint density at radius 1 is 1.16 bits per heavy atom. The second-order valence-electron chi connectivity index (χ2n) is 11.3. The summed E-state index contributed by atoms with van der Waals surface area (Å²) in [5.74, 6) is -0.346. The molecule has 5 heterocycles. The number of carbonyl (C=O) groups excluding carboxylic acids is 1. The molecule has 0 bridgehead atoms. The van der Waals surface area contributed by atoms with E-state index in [1.807, 2.05) is 22.6 Å². The van der Waals surface area contributed by atoms with Crippen LogP contribution in [0.5, 0.6) is 0 Å². The third-order valence-corrected chi connectivity index (χ3v) is 8.38. The number of likely N-dealkylation sites (tertiary alicyclic amines) is 1. The first-order valence-corrected chi connectivity index (χ1v) is 14.9. The van der Waals surface area contributed by atoms with E-state index in [2.05, 4.69) is 20.8 Å². The second-order valence-corrected chi connectivity index (χ2v) is 11.3. The Balaban J connectivity index is 1.20. The van der Waals surface area contributed by atoms with E-state index >= 15 is 0 Å². The molecule has 2 aliphatic rings. The van der Waals surface area contributed by atoms with Crippen LogP contribution in [0.4, 0.5) is 23.2 Å². The molecule has 0 saturated carbocycles. The van der Waals surface area contributed by atoms with Crippen LogP contribution in [0.2, 0.25) is 0 Å². The van der Waals surface area contributed by atoms with Gasteiger partial charge in [-0.15, -0.1) is 0 Å². The van der Waals surface area contributed by atoms with Gasteiger partial charge >= 0.3 is 6.18 Å². The molecule has 4 aromatic rings. The fourth-order valence-electron chi connectivity index (χ4n) is 6.01. The number of hydrogen-bond acceptors (Lipinski definition) is 7. The van der Waals surface area contributed by atoms with Crippen molar-refractivity contribution in [3.63, 3.8) is 0 Å². The third-order valence-electron chi connectivity index (χ3n) is 8.38. The lowest BCUT2D eigenvalue weighted by molar-refractivity contribution is -0.139. The molecule has 14 heteroatoms. The molecule has 2 atom stereocenters. The average molecular weight is 618 g/mol. The lowest BCUT2D eigenvalue weighted by atomic mass is 10.0. The summed E-state index contributed by atoms with van der Waals surface area (Å²) in [4.78, 5) is 19.1. The van der Waals surface area contributed by atoms with Crippen molar-refractivity contribution < 1.29 is 31.6 Å². The minimum atomic E-state index is -4.53. The van der Waals surface area contributed by atoms with Gasteiger partial charge in [-0.1, -0.05) is 18.1 Å². The number of ether oxygens (including phenoxy) is 1. The molecular weight excluding hydrogens is 582 g/mol. The molecule has 0 unspecified atom stereocenters. The zero-order valence-corrected chi connectivity index (χ0v) is 24.3. The highest BCUT2D eigenvalue weighted by Crippen LogP contribution is 2.35. The van der Waals surface area contributed by atoms with Crippen LogP contribution in [0.1, 0.15) is 48.5 Å². The number of alkyl halides is 4. The smallest absolute Gasteiger partial charge is 0.381 e. The van der Waals surface area contributed by atoms with Gasteiger partial charge in [0.15, 0.2) is 0 Å². The third kappa shape index (κ3) is 6.60. The molecule has 1 amide bonds. The van der Waals surface area contributed by atoms with Crippen molar-refractivity contribution >= 4 is 22.5 Å². The quantitative estimate of drug-likeness (QED) is 0.250. The highest BCUT2D eigenvalue weighted by molar-refractivity contribution is 5.96. The number of nitrogens with one attached hydrogen (secondary N) is 2. The van der Waals surface area contributed by atoms with Crippen molar-refractivity contribution in [1.29, 1.82) is 0 Å². The Kier molecular flexibility index (Phi) is 8.63. The van der Waals surface area contributed by atoms with Crippen LogP contribution in [0.25, 0.3) is 22.4 Å². The molecule has 6 rings (SSSR count). The van der Waals surface area contributed by atoms with Gasteiger partial charge in [0, 0.05) is 55.8 Å². The van der Waals surface area contributed by atoms with E-state index in [-0.39, 0.29) is 35.9 Å². The van der Waals surface area contributed by atoms with Gasteiger partial charge in [-0.2, -0.15) is 18.2 Å². The zero-order chi connectivity index (χ0) is 30.8. The Morgan fingerprint density at radius 3 is 2.73 bits per heavy atom. The SMILES string of the molecule is CCN1CC[C@@H](Nc2cccc3c2cc(-c2noc(CNC(=O)c4ccn(C5CCOCC5)c4)n2)n3CC(F)(F)F)[C@@H](F)C1. The highest BCUT2D eigenvalue weighted by Gasteiger charge is 2.32. The van der Waals surface area contributed by atoms with E-state index in [1.165, 1.54) is 0 Å². The Bertz CT molecular complexity index is 1590. The monoisotopic (exact) mass is 617 g/mol. The maximum atomic E-state index is 14.9. The lowest BCUT2D eigenvalue weighted by Crippen LogP contribution is -2.47. The van der Waals surface area contributed by atoms with Crippen LogP contribution in [0.3, 0.4) is 0 Å². The first-order chi connectivity index (χ1) is 21.2. The number of piperidine rings is 1. The molecule has 1 aromatic carbocycles. The molecule has 0 aliphatic carbocycles. The zero-order valence-electron chi connectivity index (χ0n) is 24.3. The van der Waals surface area contributed by atoms with E-state index in [1.54, 1.807) is 36.5 Å². The van der Waals surface area contributed by atoms with Crippen molar-refractivity contribution in [3.05, 3.63) is 54.2 Å². The number of nitrogens with zero attached hydrogens (tertiary/aromatic N) is 5. The largest absolute Gasteiger partial charge is 0.406 e. The maximum absolute atomic E-state index is 14.9. The van der Waals surface area contributed by atoms with Gasteiger partial charge < -0.3 is 33.9 Å². The van der Waals surface area contributed by atoms with Gasteiger partial charge in [-0.3, -0.25) is 4.79 Å². The Hall–Kier alpha value is -3.91. The van der Waals surface area contributed by atoms with Gasteiger partial charge in [-0.05, 0) is 50.1 Å². The number of rotatable bonds is 9. The average Bonchev–Trinajstić information content (AvgIpc) is 3.76. The summed E-state index contributed by atoms with van der Waals surface area (Å²) in [7, 11) is 0. The first-order valence-electron chi connectivity index (χ1n) is 14.9. The van der Waals surface area contributed by atoms with E-state index in [0.717, 1.165) is 30.5 Å². The fraction of sp³-hybridized carbons (Fsp3) is 0.500. The number of anilines is 1. The van der Waals surface area contributed by atoms with Crippen molar-refractivity contribution in [2.45, 2.75) is 63.7 Å². The van der Waals surface area contributed by atoms with Crippen LogP contribution < -0.4 is 10.6 Å². The topological polar surface area (TPSA) is 102 Å². The number of carbonyl (C=O) groups is 1. The van der Waals surface area contributed by atoms with Crippen molar-refractivity contribution in [1.82, 2.24) is 29.5 Å². The van der Waals surface area contributed by atoms with Gasteiger partial charge in [0.05, 0.1) is 29.4 Å². The second kappa shape index (κ2) is 12.6. The molecule has 2 saturated heterocycles. The van der Waals surface area contributed by atoms with E-state index < -0.39 is 24.9 Å². The van der Waals surface area contributed by atoms with E-state index in [4.69, 9.17) is 9.26 Å². The fourth-order valence-corrected chi connectivity index (χ4v) is 6.01. The molecule has 2 N–H and O–H groups in total. The summed E-state index contributed by atoms with van der Waals surface area (Å²) < 4.78 is 69.9.